The molecule has 0 aliphatic carbocycles. The van der Waals surface area contributed by atoms with Crippen molar-refractivity contribution < 1.29 is 4.74 Å². The molecule has 0 aliphatic rings. The first-order chi connectivity index (χ1) is 10.1. The van der Waals surface area contributed by atoms with Crippen LogP contribution in [-0.4, -0.2) is 27.6 Å². The maximum Gasteiger partial charge on any atom is 0.138 e. The van der Waals surface area contributed by atoms with Crippen LogP contribution in [0.25, 0.3) is 11.3 Å². The van der Waals surface area contributed by atoms with Crippen molar-refractivity contribution in [2.45, 2.75) is 40.2 Å². The van der Waals surface area contributed by atoms with Crippen molar-refractivity contribution in [2.75, 3.05) is 11.9 Å². The van der Waals surface area contributed by atoms with Crippen LogP contribution < -0.4 is 10.1 Å². The van der Waals surface area contributed by atoms with E-state index in [0.717, 1.165) is 41.6 Å². The quantitative estimate of drug-likeness (QED) is 0.881. The standard InChI is InChI=1S/C16H22N4O/c1-5-6-18-16-8-15(19-12(4)20-16)13-7-14(10-17-9-13)21-11(2)3/h7-11H,5-6H2,1-4H3,(H,18,19,20). The molecule has 0 aromatic carbocycles. The minimum absolute atomic E-state index is 0.121. The third-order valence-electron chi connectivity index (χ3n) is 2.77. The highest BCUT2D eigenvalue weighted by Gasteiger charge is 2.07. The molecule has 0 fully saturated rings. The molecule has 0 bridgehead atoms. The lowest BCUT2D eigenvalue weighted by molar-refractivity contribution is 0.241. The lowest BCUT2D eigenvalue weighted by atomic mass is 10.2. The lowest BCUT2D eigenvalue weighted by Crippen LogP contribution is -2.06. The Labute approximate surface area is 125 Å². The average molecular weight is 286 g/mol. The molecule has 5 nitrogen and oxygen atoms in total. The molecule has 1 N–H and O–H groups in total. The second-order valence-electron chi connectivity index (χ2n) is 5.19. The molecule has 0 spiro atoms. The Morgan fingerprint density at radius 1 is 1.19 bits per heavy atom. The number of aromatic nitrogens is 3. The molecule has 0 unspecified atom stereocenters. The van der Waals surface area contributed by atoms with E-state index in [2.05, 4.69) is 27.2 Å². The van der Waals surface area contributed by atoms with Gasteiger partial charge in [-0.1, -0.05) is 6.92 Å². The van der Waals surface area contributed by atoms with Gasteiger partial charge in [0.1, 0.15) is 17.4 Å². The average Bonchev–Trinajstić information content (AvgIpc) is 2.44. The van der Waals surface area contributed by atoms with E-state index >= 15 is 0 Å². The van der Waals surface area contributed by atoms with Gasteiger partial charge in [0.25, 0.3) is 0 Å². The fourth-order valence-electron chi connectivity index (χ4n) is 1.95. The predicted molar refractivity (Wildman–Crippen MR) is 84.5 cm³/mol. The first kappa shape index (κ1) is 15.2. The number of nitrogens with one attached hydrogen (secondary N) is 1. The minimum Gasteiger partial charge on any atom is -0.489 e. The molecule has 0 radical (unpaired) electrons. The fourth-order valence-corrected chi connectivity index (χ4v) is 1.95. The second kappa shape index (κ2) is 7.02. The van der Waals surface area contributed by atoms with Crippen LogP contribution in [0.3, 0.4) is 0 Å². The van der Waals surface area contributed by atoms with Gasteiger partial charge in [0.15, 0.2) is 0 Å². The molecular formula is C16H22N4O. The zero-order valence-corrected chi connectivity index (χ0v) is 13.1. The van der Waals surface area contributed by atoms with Crippen molar-refractivity contribution in [2.24, 2.45) is 0 Å². The Bertz CT molecular complexity index is 599. The number of aryl methyl sites for hydroxylation is 1. The van der Waals surface area contributed by atoms with E-state index in [1.54, 1.807) is 12.4 Å². The Balaban J connectivity index is 2.30. The monoisotopic (exact) mass is 286 g/mol. The number of rotatable bonds is 6. The van der Waals surface area contributed by atoms with Gasteiger partial charge in [-0.3, -0.25) is 4.98 Å². The molecule has 2 aromatic rings. The molecule has 0 saturated heterocycles. The fraction of sp³-hybridized carbons (Fsp3) is 0.438. The van der Waals surface area contributed by atoms with E-state index in [-0.39, 0.29) is 6.10 Å². The SMILES string of the molecule is CCCNc1cc(-c2cncc(OC(C)C)c2)nc(C)n1. The molecule has 2 rings (SSSR count). The third kappa shape index (κ3) is 4.41. The summed E-state index contributed by atoms with van der Waals surface area (Å²) < 4.78 is 5.68. The molecule has 112 valence electrons. The van der Waals surface area contributed by atoms with Crippen molar-refractivity contribution in [1.82, 2.24) is 15.0 Å². The number of anilines is 1. The van der Waals surface area contributed by atoms with Crippen LogP contribution in [0.4, 0.5) is 5.82 Å². The summed E-state index contributed by atoms with van der Waals surface area (Å²) in [7, 11) is 0. The van der Waals surface area contributed by atoms with Crippen molar-refractivity contribution in [3.63, 3.8) is 0 Å². The summed E-state index contributed by atoms with van der Waals surface area (Å²) in [6.07, 6.45) is 4.68. The van der Waals surface area contributed by atoms with Gasteiger partial charge >= 0.3 is 0 Å². The lowest BCUT2D eigenvalue weighted by Gasteiger charge is -2.11. The van der Waals surface area contributed by atoms with E-state index in [9.17, 15) is 0 Å². The van der Waals surface area contributed by atoms with Gasteiger partial charge in [0.2, 0.25) is 0 Å². The Hall–Kier alpha value is -2.17. The topological polar surface area (TPSA) is 59.9 Å². The summed E-state index contributed by atoms with van der Waals surface area (Å²) in [4.78, 5) is 13.1. The van der Waals surface area contributed by atoms with Gasteiger partial charge in [-0.05, 0) is 33.3 Å². The molecule has 2 heterocycles. The maximum atomic E-state index is 5.68. The Morgan fingerprint density at radius 2 is 2.00 bits per heavy atom. The van der Waals surface area contributed by atoms with Gasteiger partial charge in [0, 0.05) is 24.4 Å². The van der Waals surface area contributed by atoms with Crippen molar-refractivity contribution in [1.29, 1.82) is 0 Å². The van der Waals surface area contributed by atoms with Crippen LogP contribution >= 0.6 is 0 Å². The van der Waals surface area contributed by atoms with Crippen LogP contribution in [0.2, 0.25) is 0 Å². The summed E-state index contributed by atoms with van der Waals surface area (Å²) >= 11 is 0. The Kier molecular flexibility index (Phi) is 5.09. The summed E-state index contributed by atoms with van der Waals surface area (Å²) in [5.41, 5.74) is 1.78. The smallest absolute Gasteiger partial charge is 0.138 e. The number of pyridine rings is 1. The first-order valence-electron chi connectivity index (χ1n) is 7.30. The molecule has 2 aromatic heterocycles. The molecular weight excluding hydrogens is 264 g/mol. The first-order valence-corrected chi connectivity index (χ1v) is 7.30. The minimum atomic E-state index is 0.121. The highest BCUT2D eigenvalue weighted by molar-refractivity contribution is 5.63. The van der Waals surface area contributed by atoms with Gasteiger partial charge < -0.3 is 10.1 Å². The van der Waals surface area contributed by atoms with Crippen molar-refractivity contribution in [3.05, 3.63) is 30.4 Å². The van der Waals surface area contributed by atoms with E-state index in [1.165, 1.54) is 0 Å². The van der Waals surface area contributed by atoms with Gasteiger partial charge in [-0.25, -0.2) is 9.97 Å². The van der Waals surface area contributed by atoms with Crippen LogP contribution in [0, 0.1) is 6.92 Å². The second-order valence-corrected chi connectivity index (χ2v) is 5.19. The van der Waals surface area contributed by atoms with E-state index in [1.807, 2.05) is 32.9 Å². The summed E-state index contributed by atoms with van der Waals surface area (Å²) in [6, 6.07) is 3.90. The van der Waals surface area contributed by atoms with E-state index in [4.69, 9.17) is 4.74 Å². The van der Waals surface area contributed by atoms with Gasteiger partial charge in [-0.15, -0.1) is 0 Å². The summed E-state index contributed by atoms with van der Waals surface area (Å²) in [5, 5.41) is 3.29. The Morgan fingerprint density at radius 3 is 2.71 bits per heavy atom. The third-order valence-corrected chi connectivity index (χ3v) is 2.77. The maximum absolute atomic E-state index is 5.68. The van der Waals surface area contributed by atoms with Crippen molar-refractivity contribution in [3.8, 4) is 17.0 Å². The summed E-state index contributed by atoms with van der Waals surface area (Å²) in [5.74, 6) is 2.33. The molecule has 5 heteroatoms. The number of ether oxygens (including phenoxy) is 1. The van der Waals surface area contributed by atoms with E-state index in [0.29, 0.717) is 0 Å². The van der Waals surface area contributed by atoms with E-state index < -0.39 is 0 Å². The van der Waals surface area contributed by atoms with Gasteiger partial charge in [0.05, 0.1) is 18.0 Å². The van der Waals surface area contributed by atoms with Gasteiger partial charge in [-0.2, -0.15) is 0 Å². The number of hydrogen-bond acceptors (Lipinski definition) is 5. The van der Waals surface area contributed by atoms with Crippen LogP contribution in [-0.2, 0) is 0 Å². The van der Waals surface area contributed by atoms with Crippen LogP contribution in [0.15, 0.2) is 24.5 Å². The largest absolute Gasteiger partial charge is 0.489 e. The molecule has 0 aliphatic heterocycles. The number of hydrogen-bond donors (Lipinski definition) is 1. The normalized spacial score (nSPS) is 10.7. The molecule has 0 atom stereocenters. The van der Waals surface area contributed by atoms with Crippen LogP contribution in [0.1, 0.15) is 33.0 Å². The highest BCUT2D eigenvalue weighted by atomic mass is 16.5. The predicted octanol–water partition coefficient (Wildman–Crippen LogP) is 3.46. The summed E-state index contributed by atoms with van der Waals surface area (Å²) in [6.45, 7) is 8.90. The molecule has 0 amide bonds. The molecule has 21 heavy (non-hydrogen) atoms. The number of nitrogens with zero attached hydrogens (tertiary/aromatic N) is 3. The highest BCUT2D eigenvalue weighted by Crippen LogP contribution is 2.23. The zero-order chi connectivity index (χ0) is 15.2. The van der Waals surface area contributed by atoms with Crippen molar-refractivity contribution >= 4 is 5.82 Å². The van der Waals surface area contributed by atoms with Crippen LogP contribution in [0.5, 0.6) is 5.75 Å². The molecule has 0 saturated carbocycles. The zero-order valence-electron chi connectivity index (χ0n) is 13.1.